The Hall–Kier alpha value is -4.20. The van der Waals surface area contributed by atoms with Gasteiger partial charge in [-0.2, -0.15) is 0 Å². The molecule has 0 atom stereocenters. The standard InChI is InChI=1S/C20H12N2O6/c23-14-9-7-12-16(20(14)26)19(25)11-6-8-13(22(27)28)17(15(11)18(12)24)21-10-4-2-1-3-5-10/h1-9,21,23,26H. The number of hydrogen-bond donors (Lipinski definition) is 3. The average Bonchev–Trinajstić information content (AvgIpc) is 2.68. The summed E-state index contributed by atoms with van der Waals surface area (Å²) >= 11 is 0. The van der Waals surface area contributed by atoms with Gasteiger partial charge in [-0.05, 0) is 30.3 Å². The predicted octanol–water partition coefficient (Wildman–Crippen LogP) is 3.53. The number of nitro groups is 1. The van der Waals surface area contributed by atoms with Gasteiger partial charge in [-0.15, -0.1) is 0 Å². The van der Waals surface area contributed by atoms with Crippen LogP contribution in [0.25, 0.3) is 0 Å². The summed E-state index contributed by atoms with van der Waals surface area (Å²) in [6.07, 6.45) is 0. The Morgan fingerprint density at radius 2 is 1.43 bits per heavy atom. The van der Waals surface area contributed by atoms with Crippen LogP contribution in [0, 0.1) is 10.1 Å². The van der Waals surface area contributed by atoms with Crippen LogP contribution >= 0.6 is 0 Å². The maximum Gasteiger partial charge on any atom is 0.293 e. The average molecular weight is 376 g/mol. The van der Waals surface area contributed by atoms with E-state index in [1.807, 2.05) is 0 Å². The van der Waals surface area contributed by atoms with E-state index in [9.17, 15) is 29.9 Å². The maximum atomic E-state index is 13.1. The van der Waals surface area contributed by atoms with E-state index in [0.29, 0.717) is 5.69 Å². The van der Waals surface area contributed by atoms with Crippen LogP contribution in [0.15, 0.2) is 54.6 Å². The van der Waals surface area contributed by atoms with Gasteiger partial charge in [0.15, 0.2) is 23.1 Å². The first-order valence-corrected chi connectivity index (χ1v) is 8.18. The Balaban J connectivity index is 1.99. The van der Waals surface area contributed by atoms with Gasteiger partial charge in [0.1, 0.15) is 5.69 Å². The molecule has 3 N–H and O–H groups in total. The van der Waals surface area contributed by atoms with Crippen molar-refractivity contribution >= 4 is 28.6 Å². The Bertz CT molecular complexity index is 1170. The monoisotopic (exact) mass is 376 g/mol. The maximum absolute atomic E-state index is 13.1. The quantitative estimate of drug-likeness (QED) is 0.283. The molecule has 3 aromatic carbocycles. The van der Waals surface area contributed by atoms with Gasteiger partial charge >= 0.3 is 0 Å². The topological polar surface area (TPSA) is 130 Å². The summed E-state index contributed by atoms with van der Waals surface area (Å²) in [4.78, 5) is 36.9. The fourth-order valence-electron chi connectivity index (χ4n) is 3.23. The molecule has 0 saturated carbocycles. The largest absolute Gasteiger partial charge is 0.504 e. The molecule has 3 aromatic rings. The van der Waals surface area contributed by atoms with Crippen LogP contribution in [0.1, 0.15) is 31.8 Å². The molecule has 0 radical (unpaired) electrons. The number of nitrogens with zero attached hydrogens (tertiary/aromatic N) is 1. The lowest BCUT2D eigenvalue weighted by Gasteiger charge is -2.21. The van der Waals surface area contributed by atoms with Gasteiger partial charge in [0, 0.05) is 22.9 Å². The minimum atomic E-state index is -0.705. The van der Waals surface area contributed by atoms with Crippen molar-refractivity contribution in [3.63, 3.8) is 0 Å². The molecule has 0 amide bonds. The molecule has 0 spiro atoms. The number of nitro benzene ring substituents is 1. The molecular weight excluding hydrogens is 364 g/mol. The van der Waals surface area contributed by atoms with Crippen LogP contribution in [0.4, 0.5) is 17.1 Å². The zero-order valence-electron chi connectivity index (χ0n) is 14.2. The third-order valence-corrected chi connectivity index (χ3v) is 4.52. The number of fused-ring (bicyclic) bond motifs is 2. The zero-order chi connectivity index (χ0) is 20.0. The lowest BCUT2D eigenvalue weighted by Crippen LogP contribution is -2.23. The lowest BCUT2D eigenvalue weighted by atomic mass is 9.82. The van der Waals surface area contributed by atoms with Crippen molar-refractivity contribution in [2.45, 2.75) is 0 Å². The van der Waals surface area contributed by atoms with E-state index in [1.54, 1.807) is 30.3 Å². The SMILES string of the molecule is O=C1c2ccc([N+](=O)[O-])c(Nc3ccccc3)c2C(=O)c2ccc(O)c(O)c21. The van der Waals surface area contributed by atoms with Crippen LogP contribution in [0.2, 0.25) is 0 Å². The van der Waals surface area contributed by atoms with E-state index in [2.05, 4.69) is 5.32 Å². The van der Waals surface area contributed by atoms with Gasteiger partial charge in [0.05, 0.1) is 16.1 Å². The molecule has 28 heavy (non-hydrogen) atoms. The van der Waals surface area contributed by atoms with Crippen molar-refractivity contribution < 1.29 is 24.7 Å². The number of rotatable bonds is 3. The Labute approximate surface area is 157 Å². The zero-order valence-corrected chi connectivity index (χ0v) is 14.2. The van der Waals surface area contributed by atoms with Gasteiger partial charge in [-0.25, -0.2) is 0 Å². The highest BCUT2D eigenvalue weighted by molar-refractivity contribution is 6.31. The third-order valence-electron chi connectivity index (χ3n) is 4.52. The van der Waals surface area contributed by atoms with Crippen molar-refractivity contribution in [2.24, 2.45) is 0 Å². The number of hydrogen-bond acceptors (Lipinski definition) is 7. The van der Waals surface area contributed by atoms with Gasteiger partial charge in [0.25, 0.3) is 5.69 Å². The second kappa shape index (κ2) is 6.20. The molecule has 8 nitrogen and oxygen atoms in total. The minimum absolute atomic E-state index is 0.0950. The molecule has 0 aromatic heterocycles. The molecule has 1 aliphatic rings. The smallest absolute Gasteiger partial charge is 0.293 e. The van der Waals surface area contributed by atoms with E-state index < -0.39 is 28.0 Å². The predicted molar refractivity (Wildman–Crippen MR) is 99.5 cm³/mol. The van der Waals surface area contributed by atoms with E-state index in [4.69, 9.17) is 0 Å². The number of phenolic OH excluding ortho intramolecular Hbond substituents is 2. The summed E-state index contributed by atoms with van der Waals surface area (Å²) in [5, 5.41) is 34.1. The summed E-state index contributed by atoms with van der Waals surface area (Å²) in [7, 11) is 0. The first-order chi connectivity index (χ1) is 13.4. The summed E-state index contributed by atoms with van der Waals surface area (Å²) < 4.78 is 0. The van der Waals surface area contributed by atoms with Crippen LogP contribution in [-0.4, -0.2) is 26.7 Å². The highest BCUT2D eigenvalue weighted by atomic mass is 16.6. The number of carbonyl (C=O) groups excluding carboxylic acids is 2. The van der Waals surface area contributed by atoms with Crippen molar-refractivity contribution in [3.8, 4) is 11.5 Å². The molecule has 0 heterocycles. The second-order valence-electron chi connectivity index (χ2n) is 6.14. The number of anilines is 2. The molecule has 0 aliphatic heterocycles. The highest BCUT2D eigenvalue weighted by Gasteiger charge is 2.37. The van der Waals surface area contributed by atoms with Crippen molar-refractivity contribution in [2.75, 3.05) is 5.32 Å². The van der Waals surface area contributed by atoms with Crippen LogP contribution in [0.5, 0.6) is 11.5 Å². The molecule has 0 fully saturated rings. The first kappa shape index (κ1) is 17.2. The second-order valence-corrected chi connectivity index (χ2v) is 6.14. The van der Waals surface area contributed by atoms with E-state index in [-0.39, 0.29) is 33.6 Å². The minimum Gasteiger partial charge on any atom is -0.504 e. The lowest BCUT2D eigenvalue weighted by molar-refractivity contribution is -0.383. The summed E-state index contributed by atoms with van der Waals surface area (Å²) in [6.45, 7) is 0. The summed E-state index contributed by atoms with van der Waals surface area (Å²) in [5.41, 5.74) is -0.677. The van der Waals surface area contributed by atoms with Gasteiger partial charge < -0.3 is 15.5 Å². The first-order valence-electron chi connectivity index (χ1n) is 8.18. The molecule has 0 saturated heterocycles. The van der Waals surface area contributed by atoms with Crippen LogP contribution in [-0.2, 0) is 0 Å². The molecular formula is C20H12N2O6. The van der Waals surface area contributed by atoms with Gasteiger partial charge in [-0.1, -0.05) is 18.2 Å². The fraction of sp³-hybridized carbons (Fsp3) is 0. The number of aromatic hydroxyl groups is 2. The third kappa shape index (κ3) is 2.47. The Kier molecular flexibility index (Phi) is 3.82. The summed E-state index contributed by atoms with van der Waals surface area (Å²) in [6, 6.07) is 13.1. The van der Waals surface area contributed by atoms with Gasteiger partial charge in [-0.3, -0.25) is 19.7 Å². The number of phenols is 2. The van der Waals surface area contributed by atoms with Crippen molar-refractivity contribution in [1.82, 2.24) is 0 Å². The van der Waals surface area contributed by atoms with E-state index in [0.717, 1.165) is 12.1 Å². The fourth-order valence-corrected chi connectivity index (χ4v) is 3.23. The number of carbonyl (C=O) groups is 2. The molecule has 4 rings (SSSR count). The number of para-hydroxylation sites is 1. The van der Waals surface area contributed by atoms with Crippen molar-refractivity contribution in [1.29, 1.82) is 0 Å². The number of benzene rings is 3. The highest BCUT2D eigenvalue weighted by Crippen LogP contribution is 2.43. The molecule has 0 bridgehead atoms. The normalized spacial score (nSPS) is 12.3. The summed E-state index contributed by atoms with van der Waals surface area (Å²) in [5.74, 6) is -2.60. The Morgan fingerprint density at radius 3 is 2.11 bits per heavy atom. The van der Waals surface area contributed by atoms with E-state index in [1.165, 1.54) is 12.1 Å². The number of ketones is 2. The number of nitrogens with one attached hydrogen (secondary N) is 1. The van der Waals surface area contributed by atoms with Crippen LogP contribution in [0.3, 0.4) is 0 Å². The molecule has 1 aliphatic carbocycles. The molecule has 8 heteroatoms. The van der Waals surface area contributed by atoms with Crippen molar-refractivity contribution in [3.05, 3.63) is 87.0 Å². The van der Waals surface area contributed by atoms with Crippen LogP contribution < -0.4 is 5.32 Å². The van der Waals surface area contributed by atoms with E-state index >= 15 is 0 Å². The Morgan fingerprint density at radius 1 is 0.821 bits per heavy atom. The molecule has 138 valence electrons. The molecule has 0 unspecified atom stereocenters. The van der Waals surface area contributed by atoms with Gasteiger partial charge in [0.2, 0.25) is 0 Å².